The minimum absolute atomic E-state index is 0.475. The van der Waals surface area contributed by atoms with Crippen LogP contribution in [0.4, 0.5) is 5.69 Å². The molecule has 3 nitrogen and oxygen atoms in total. The van der Waals surface area contributed by atoms with Crippen molar-refractivity contribution in [1.82, 2.24) is 4.98 Å². The van der Waals surface area contributed by atoms with Crippen LogP contribution < -0.4 is 5.73 Å². The maximum atomic E-state index is 6.05. The van der Waals surface area contributed by atoms with Crippen molar-refractivity contribution in [2.24, 2.45) is 0 Å². The third-order valence-electron chi connectivity index (χ3n) is 2.61. The van der Waals surface area contributed by atoms with E-state index in [1.54, 1.807) is 6.07 Å². The van der Waals surface area contributed by atoms with Gasteiger partial charge in [0, 0.05) is 10.2 Å². The van der Waals surface area contributed by atoms with Gasteiger partial charge >= 0.3 is 0 Å². The van der Waals surface area contributed by atoms with Gasteiger partial charge in [-0.1, -0.05) is 33.6 Å². The van der Waals surface area contributed by atoms with E-state index in [1.165, 1.54) is 0 Å². The number of nitrogens with zero attached hydrogens (tertiary/aromatic N) is 1. The standard InChI is InChI=1S/C13H8BrClN2O/c14-7-4-5-8(10(16)6-7)13-17-11-3-1-2-9(15)12(11)18-13/h1-6H,16H2. The Hall–Kier alpha value is -1.52. The van der Waals surface area contributed by atoms with E-state index in [0.29, 0.717) is 22.2 Å². The third-order valence-corrected chi connectivity index (χ3v) is 3.40. The van der Waals surface area contributed by atoms with Crippen LogP contribution in [0.2, 0.25) is 5.02 Å². The Morgan fingerprint density at radius 1 is 1.22 bits per heavy atom. The van der Waals surface area contributed by atoms with Gasteiger partial charge in [-0.25, -0.2) is 4.98 Å². The predicted molar refractivity (Wildman–Crippen MR) is 76.6 cm³/mol. The molecule has 3 aromatic rings. The van der Waals surface area contributed by atoms with Crippen molar-refractivity contribution >= 4 is 44.3 Å². The van der Waals surface area contributed by atoms with Gasteiger partial charge in [0.15, 0.2) is 5.58 Å². The maximum absolute atomic E-state index is 6.05. The minimum Gasteiger partial charge on any atom is -0.434 e. The quantitative estimate of drug-likeness (QED) is 0.671. The van der Waals surface area contributed by atoms with Crippen molar-refractivity contribution in [3.8, 4) is 11.5 Å². The van der Waals surface area contributed by atoms with Gasteiger partial charge in [0.1, 0.15) is 5.52 Å². The number of para-hydroxylation sites is 1. The van der Waals surface area contributed by atoms with Crippen molar-refractivity contribution in [2.45, 2.75) is 0 Å². The smallest absolute Gasteiger partial charge is 0.229 e. The van der Waals surface area contributed by atoms with E-state index in [9.17, 15) is 0 Å². The SMILES string of the molecule is Nc1cc(Br)ccc1-c1nc2cccc(Cl)c2o1. The monoisotopic (exact) mass is 322 g/mol. The zero-order chi connectivity index (χ0) is 12.7. The minimum atomic E-state index is 0.475. The largest absolute Gasteiger partial charge is 0.434 e. The van der Waals surface area contributed by atoms with Gasteiger partial charge in [0.2, 0.25) is 5.89 Å². The predicted octanol–water partition coefficient (Wildman–Crippen LogP) is 4.49. The van der Waals surface area contributed by atoms with Gasteiger partial charge in [-0.05, 0) is 30.3 Å². The van der Waals surface area contributed by atoms with Crippen molar-refractivity contribution in [3.63, 3.8) is 0 Å². The number of nitrogens with two attached hydrogens (primary N) is 1. The number of rotatable bonds is 1. The Kier molecular flexibility index (Phi) is 2.76. The molecule has 0 radical (unpaired) electrons. The van der Waals surface area contributed by atoms with Crippen LogP contribution in [-0.2, 0) is 0 Å². The Morgan fingerprint density at radius 3 is 2.78 bits per heavy atom. The summed E-state index contributed by atoms with van der Waals surface area (Å²) < 4.78 is 6.58. The Labute approximate surface area is 117 Å². The molecule has 0 unspecified atom stereocenters. The topological polar surface area (TPSA) is 52.0 Å². The average Bonchev–Trinajstić information content (AvgIpc) is 2.74. The molecule has 1 heterocycles. The van der Waals surface area contributed by atoms with Crippen LogP contribution in [0.3, 0.4) is 0 Å². The highest BCUT2D eigenvalue weighted by molar-refractivity contribution is 9.10. The number of oxazole rings is 1. The molecule has 0 aliphatic carbocycles. The first-order chi connectivity index (χ1) is 8.65. The highest BCUT2D eigenvalue weighted by Crippen LogP contribution is 2.32. The molecule has 0 spiro atoms. The molecular weight excluding hydrogens is 316 g/mol. The molecule has 0 amide bonds. The van der Waals surface area contributed by atoms with E-state index in [1.807, 2.05) is 30.3 Å². The van der Waals surface area contributed by atoms with Crippen molar-refractivity contribution in [2.75, 3.05) is 5.73 Å². The first-order valence-electron chi connectivity index (χ1n) is 5.25. The first kappa shape index (κ1) is 11.6. The molecule has 90 valence electrons. The molecule has 0 bridgehead atoms. The van der Waals surface area contributed by atoms with Crippen LogP contribution in [0.25, 0.3) is 22.6 Å². The molecule has 5 heteroatoms. The summed E-state index contributed by atoms with van der Waals surface area (Å²) in [5, 5.41) is 0.543. The number of aromatic nitrogens is 1. The zero-order valence-corrected chi connectivity index (χ0v) is 11.5. The fraction of sp³-hybridized carbons (Fsp3) is 0. The number of anilines is 1. The van der Waals surface area contributed by atoms with Gasteiger partial charge in [-0.15, -0.1) is 0 Å². The number of hydrogen-bond acceptors (Lipinski definition) is 3. The summed E-state index contributed by atoms with van der Waals surface area (Å²) in [5.74, 6) is 0.475. The van der Waals surface area contributed by atoms with Crippen molar-refractivity contribution in [1.29, 1.82) is 0 Å². The first-order valence-corrected chi connectivity index (χ1v) is 6.43. The van der Waals surface area contributed by atoms with E-state index in [4.69, 9.17) is 21.8 Å². The summed E-state index contributed by atoms with van der Waals surface area (Å²) >= 11 is 9.41. The van der Waals surface area contributed by atoms with E-state index in [0.717, 1.165) is 15.6 Å². The molecular formula is C13H8BrClN2O. The van der Waals surface area contributed by atoms with Crippen LogP contribution in [0.5, 0.6) is 0 Å². The third kappa shape index (κ3) is 1.87. The van der Waals surface area contributed by atoms with Crippen LogP contribution in [0, 0.1) is 0 Å². The van der Waals surface area contributed by atoms with Crippen LogP contribution in [-0.4, -0.2) is 4.98 Å². The van der Waals surface area contributed by atoms with Crippen molar-refractivity contribution in [3.05, 3.63) is 45.9 Å². The van der Waals surface area contributed by atoms with Gasteiger partial charge < -0.3 is 10.2 Å². The molecule has 0 aliphatic rings. The van der Waals surface area contributed by atoms with Crippen LogP contribution in [0.1, 0.15) is 0 Å². The lowest BCUT2D eigenvalue weighted by Gasteiger charge is -2.01. The van der Waals surface area contributed by atoms with E-state index in [2.05, 4.69) is 20.9 Å². The summed E-state index contributed by atoms with van der Waals surface area (Å²) in [6, 6.07) is 11.0. The van der Waals surface area contributed by atoms with Crippen LogP contribution in [0.15, 0.2) is 45.3 Å². The molecule has 1 aromatic heterocycles. The molecule has 0 atom stereocenters. The summed E-state index contributed by atoms with van der Waals surface area (Å²) in [7, 11) is 0. The number of benzene rings is 2. The molecule has 0 saturated carbocycles. The van der Waals surface area contributed by atoms with E-state index < -0.39 is 0 Å². The normalized spacial score (nSPS) is 11.0. The zero-order valence-electron chi connectivity index (χ0n) is 9.15. The summed E-state index contributed by atoms with van der Waals surface area (Å²) in [4.78, 5) is 4.39. The Bertz CT molecular complexity index is 739. The van der Waals surface area contributed by atoms with Crippen molar-refractivity contribution < 1.29 is 4.42 Å². The lowest BCUT2D eigenvalue weighted by Crippen LogP contribution is -1.89. The lowest BCUT2D eigenvalue weighted by molar-refractivity contribution is 0.620. The lowest BCUT2D eigenvalue weighted by atomic mass is 10.2. The second-order valence-electron chi connectivity index (χ2n) is 3.84. The second kappa shape index (κ2) is 4.30. The Balaban J connectivity index is 2.23. The van der Waals surface area contributed by atoms with Crippen LogP contribution >= 0.6 is 27.5 Å². The number of halogens is 2. The summed E-state index contributed by atoms with van der Waals surface area (Å²) in [5.41, 5.74) is 8.61. The van der Waals surface area contributed by atoms with E-state index in [-0.39, 0.29) is 0 Å². The molecule has 18 heavy (non-hydrogen) atoms. The maximum Gasteiger partial charge on any atom is 0.229 e. The van der Waals surface area contributed by atoms with Gasteiger partial charge in [0.05, 0.1) is 10.6 Å². The van der Waals surface area contributed by atoms with Gasteiger partial charge in [-0.3, -0.25) is 0 Å². The second-order valence-corrected chi connectivity index (χ2v) is 5.16. The summed E-state index contributed by atoms with van der Waals surface area (Å²) in [6.45, 7) is 0. The highest BCUT2D eigenvalue weighted by atomic mass is 79.9. The average molecular weight is 324 g/mol. The molecule has 0 saturated heterocycles. The highest BCUT2D eigenvalue weighted by Gasteiger charge is 2.12. The number of hydrogen-bond donors (Lipinski definition) is 1. The summed E-state index contributed by atoms with van der Waals surface area (Å²) in [6.07, 6.45) is 0. The van der Waals surface area contributed by atoms with Gasteiger partial charge in [-0.2, -0.15) is 0 Å². The Morgan fingerprint density at radius 2 is 2.06 bits per heavy atom. The molecule has 0 aliphatic heterocycles. The fourth-order valence-corrected chi connectivity index (χ4v) is 2.35. The van der Waals surface area contributed by atoms with Gasteiger partial charge in [0.25, 0.3) is 0 Å². The molecule has 0 fully saturated rings. The molecule has 3 rings (SSSR count). The number of fused-ring (bicyclic) bond motifs is 1. The van der Waals surface area contributed by atoms with E-state index >= 15 is 0 Å². The molecule has 2 N–H and O–H groups in total. The number of nitrogen functional groups attached to an aromatic ring is 1. The fourth-order valence-electron chi connectivity index (χ4n) is 1.76. The molecule has 2 aromatic carbocycles.